The van der Waals surface area contributed by atoms with E-state index in [0.717, 1.165) is 26.7 Å². The molecule has 0 heterocycles. The first-order valence-electron chi connectivity index (χ1n) is 9.59. The van der Waals surface area contributed by atoms with Crippen molar-refractivity contribution in [2.75, 3.05) is 13.7 Å². The standard InChI is InChI=1S/C17H28O4.2C2H4O2/c1-4-6-7-13(5-2)12-21-17-9-14(10-18)16(20-3)8-15(17)11-19;2*1-2(3)4/h8-9,13,18-19H,4-7,10-12H2,1-3H3;2*1H3,(H,3,4). The predicted octanol–water partition coefficient (Wildman–Crippen LogP) is 3.46. The van der Waals surface area contributed by atoms with Gasteiger partial charge in [0.2, 0.25) is 0 Å². The maximum atomic E-state index is 9.47. The molecule has 0 bridgehead atoms. The lowest BCUT2D eigenvalue weighted by Crippen LogP contribution is -2.12. The van der Waals surface area contributed by atoms with Gasteiger partial charge in [0.1, 0.15) is 11.5 Å². The molecule has 1 aromatic rings. The fourth-order valence-corrected chi connectivity index (χ4v) is 2.32. The number of methoxy groups -OCH3 is 1. The van der Waals surface area contributed by atoms with Crippen molar-refractivity contribution in [2.45, 2.75) is 66.6 Å². The number of carbonyl (C=O) groups is 2. The van der Waals surface area contributed by atoms with Crippen molar-refractivity contribution in [1.82, 2.24) is 0 Å². The average Bonchev–Trinajstić information content (AvgIpc) is 2.66. The summed E-state index contributed by atoms with van der Waals surface area (Å²) in [5.41, 5.74) is 1.36. The molecule has 1 rings (SSSR count). The summed E-state index contributed by atoms with van der Waals surface area (Å²) >= 11 is 0. The number of aliphatic hydroxyl groups excluding tert-OH is 2. The van der Waals surface area contributed by atoms with Gasteiger partial charge in [-0.3, -0.25) is 9.59 Å². The van der Waals surface area contributed by atoms with Crippen LogP contribution in [0.15, 0.2) is 12.1 Å². The minimum absolute atomic E-state index is 0.108. The van der Waals surface area contributed by atoms with Crippen LogP contribution in [0.25, 0.3) is 0 Å². The number of hydrogen-bond acceptors (Lipinski definition) is 6. The zero-order valence-corrected chi connectivity index (χ0v) is 18.1. The Morgan fingerprint density at radius 1 is 0.966 bits per heavy atom. The maximum Gasteiger partial charge on any atom is 0.300 e. The van der Waals surface area contributed by atoms with E-state index in [9.17, 15) is 10.2 Å². The van der Waals surface area contributed by atoms with E-state index in [1.165, 1.54) is 12.8 Å². The molecule has 0 fully saturated rings. The monoisotopic (exact) mass is 416 g/mol. The molecule has 0 aliphatic heterocycles. The Bertz CT molecular complexity index is 566. The lowest BCUT2D eigenvalue weighted by Gasteiger charge is -2.18. The van der Waals surface area contributed by atoms with Crippen LogP contribution in [0.3, 0.4) is 0 Å². The second kappa shape index (κ2) is 17.8. The molecule has 8 nitrogen and oxygen atoms in total. The average molecular weight is 417 g/mol. The van der Waals surface area contributed by atoms with Gasteiger partial charge < -0.3 is 29.9 Å². The van der Waals surface area contributed by atoms with Gasteiger partial charge in [0.15, 0.2) is 0 Å². The minimum atomic E-state index is -0.833. The highest BCUT2D eigenvalue weighted by Crippen LogP contribution is 2.30. The topological polar surface area (TPSA) is 134 Å². The van der Waals surface area contributed by atoms with Crippen LogP contribution >= 0.6 is 0 Å². The Kier molecular flexibility index (Phi) is 17.7. The highest BCUT2D eigenvalue weighted by atomic mass is 16.5. The van der Waals surface area contributed by atoms with Crippen LogP contribution in [0.4, 0.5) is 0 Å². The number of carboxylic acid groups (broad SMARTS) is 2. The zero-order valence-electron chi connectivity index (χ0n) is 18.1. The third-order valence-corrected chi connectivity index (χ3v) is 3.82. The number of benzene rings is 1. The lowest BCUT2D eigenvalue weighted by molar-refractivity contribution is -0.135. The molecule has 1 unspecified atom stereocenters. The normalized spacial score (nSPS) is 10.6. The quantitative estimate of drug-likeness (QED) is 0.456. The van der Waals surface area contributed by atoms with Gasteiger partial charge in [-0.05, 0) is 24.5 Å². The van der Waals surface area contributed by atoms with E-state index < -0.39 is 11.9 Å². The summed E-state index contributed by atoms with van der Waals surface area (Å²) in [4.78, 5) is 18.0. The zero-order chi connectivity index (χ0) is 22.8. The number of rotatable bonds is 10. The van der Waals surface area contributed by atoms with Gasteiger partial charge in [0, 0.05) is 25.0 Å². The number of carboxylic acids is 2. The number of ether oxygens (including phenoxy) is 2. The van der Waals surface area contributed by atoms with Gasteiger partial charge in [0.05, 0.1) is 26.9 Å². The van der Waals surface area contributed by atoms with Crippen LogP contribution in [-0.2, 0) is 22.8 Å². The first-order valence-corrected chi connectivity index (χ1v) is 9.59. The van der Waals surface area contributed by atoms with E-state index in [1.807, 2.05) is 0 Å². The molecule has 0 radical (unpaired) electrons. The number of aliphatic hydroxyl groups is 2. The van der Waals surface area contributed by atoms with E-state index in [-0.39, 0.29) is 13.2 Å². The van der Waals surface area contributed by atoms with Gasteiger partial charge in [-0.25, -0.2) is 0 Å². The van der Waals surface area contributed by atoms with Crippen molar-refractivity contribution in [3.8, 4) is 11.5 Å². The van der Waals surface area contributed by atoms with E-state index in [2.05, 4.69) is 13.8 Å². The molecule has 168 valence electrons. The summed E-state index contributed by atoms with van der Waals surface area (Å²) in [6.07, 6.45) is 4.64. The van der Waals surface area contributed by atoms with Gasteiger partial charge in [-0.2, -0.15) is 0 Å². The third kappa shape index (κ3) is 15.3. The van der Waals surface area contributed by atoms with E-state index >= 15 is 0 Å². The number of unbranched alkanes of at least 4 members (excludes halogenated alkanes) is 1. The Balaban J connectivity index is 0. The fourth-order valence-electron chi connectivity index (χ4n) is 2.32. The van der Waals surface area contributed by atoms with Gasteiger partial charge in [0.25, 0.3) is 11.9 Å². The van der Waals surface area contributed by atoms with Crippen molar-refractivity contribution in [3.63, 3.8) is 0 Å². The van der Waals surface area contributed by atoms with Crippen LogP contribution in [0.1, 0.15) is 64.5 Å². The highest BCUT2D eigenvalue weighted by molar-refractivity contribution is 5.63. The highest BCUT2D eigenvalue weighted by Gasteiger charge is 2.13. The molecule has 0 saturated heterocycles. The van der Waals surface area contributed by atoms with Gasteiger partial charge in [-0.15, -0.1) is 0 Å². The predicted molar refractivity (Wildman–Crippen MR) is 110 cm³/mol. The van der Waals surface area contributed by atoms with Gasteiger partial charge in [-0.1, -0.05) is 33.1 Å². The second-order valence-electron chi connectivity index (χ2n) is 6.35. The van der Waals surface area contributed by atoms with E-state index in [1.54, 1.807) is 19.2 Å². The summed E-state index contributed by atoms with van der Waals surface area (Å²) in [7, 11) is 1.55. The molecule has 0 aromatic heterocycles. The summed E-state index contributed by atoms with van der Waals surface area (Å²) in [6.45, 7) is 6.94. The fraction of sp³-hybridized carbons (Fsp3) is 0.619. The van der Waals surface area contributed by atoms with Crippen molar-refractivity contribution < 1.29 is 39.5 Å². The first kappa shape index (κ1) is 28.9. The van der Waals surface area contributed by atoms with Crippen LogP contribution < -0.4 is 9.47 Å². The summed E-state index contributed by atoms with van der Waals surface area (Å²) in [5, 5.41) is 33.7. The van der Waals surface area contributed by atoms with Crippen LogP contribution in [0.5, 0.6) is 11.5 Å². The Morgan fingerprint density at radius 2 is 1.41 bits per heavy atom. The minimum Gasteiger partial charge on any atom is -0.496 e. The molecule has 8 heteroatoms. The SMILES string of the molecule is CC(=O)O.CC(=O)O.CCCCC(CC)COc1cc(CO)c(OC)cc1CO. The molecular weight excluding hydrogens is 380 g/mol. The summed E-state index contributed by atoms with van der Waals surface area (Å²) in [6, 6.07) is 3.49. The van der Waals surface area contributed by atoms with Crippen LogP contribution in [-0.4, -0.2) is 46.1 Å². The molecule has 0 spiro atoms. The Morgan fingerprint density at radius 3 is 1.79 bits per heavy atom. The molecule has 29 heavy (non-hydrogen) atoms. The molecule has 0 aliphatic carbocycles. The lowest BCUT2D eigenvalue weighted by atomic mass is 10.0. The number of hydrogen-bond donors (Lipinski definition) is 4. The third-order valence-electron chi connectivity index (χ3n) is 3.82. The van der Waals surface area contributed by atoms with Crippen LogP contribution in [0, 0.1) is 5.92 Å². The van der Waals surface area contributed by atoms with Crippen molar-refractivity contribution >= 4 is 11.9 Å². The van der Waals surface area contributed by atoms with Crippen molar-refractivity contribution in [2.24, 2.45) is 5.92 Å². The molecular formula is C21H36O8. The molecule has 1 aromatic carbocycles. The van der Waals surface area contributed by atoms with Crippen molar-refractivity contribution in [1.29, 1.82) is 0 Å². The smallest absolute Gasteiger partial charge is 0.300 e. The van der Waals surface area contributed by atoms with Gasteiger partial charge >= 0.3 is 0 Å². The summed E-state index contributed by atoms with van der Waals surface area (Å²) < 4.78 is 11.1. The van der Waals surface area contributed by atoms with E-state index in [0.29, 0.717) is 35.2 Å². The molecule has 1 atom stereocenters. The largest absolute Gasteiger partial charge is 0.496 e. The molecule has 0 amide bonds. The molecule has 0 aliphatic rings. The van der Waals surface area contributed by atoms with E-state index in [4.69, 9.17) is 29.3 Å². The molecule has 4 N–H and O–H groups in total. The second-order valence-corrected chi connectivity index (χ2v) is 6.35. The molecule has 0 saturated carbocycles. The Hall–Kier alpha value is -2.32. The Labute approximate surface area is 173 Å². The number of aliphatic carboxylic acids is 2. The van der Waals surface area contributed by atoms with Crippen LogP contribution in [0.2, 0.25) is 0 Å². The maximum absolute atomic E-state index is 9.47. The summed E-state index contributed by atoms with van der Waals surface area (Å²) in [5.74, 6) is 0.0698. The van der Waals surface area contributed by atoms with Crippen molar-refractivity contribution in [3.05, 3.63) is 23.3 Å². The first-order chi connectivity index (χ1) is 13.7.